The third-order valence-corrected chi connectivity index (χ3v) is 3.36. The van der Waals surface area contributed by atoms with Gasteiger partial charge in [-0.2, -0.15) is 13.2 Å². The molecule has 1 amide bonds. The Hall–Kier alpha value is -1.31. The molecule has 1 atom stereocenters. The standard InChI is InChI=1S/C11H16F3NO4/c12-11(13,14)7-3-1-6(2-4-7)9(17)15-8(5-16)10(18)19/h6-8,16H,1-5H2,(H,15,17)(H,18,19)/t6?,7?,8-/m0/s1. The molecule has 0 aliphatic heterocycles. The van der Waals surface area contributed by atoms with Crippen LogP contribution in [0.3, 0.4) is 0 Å². The summed E-state index contributed by atoms with van der Waals surface area (Å²) in [5.74, 6) is -3.99. The Morgan fingerprint density at radius 3 is 2.11 bits per heavy atom. The van der Waals surface area contributed by atoms with Crippen molar-refractivity contribution < 1.29 is 33.0 Å². The normalized spacial score (nSPS) is 25.7. The topological polar surface area (TPSA) is 86.6 Å². The third kappa shape index (κ3) is 4.38. The van der Waals surface area contributed by atoms with Crippen molar-refractivity contribution in [2.45, 2.75) is 37.9 Å². The highest BCUT2D eigenvalue weighted by Crippen LogP contribution is 2.39. The van der Waals surface area contributed by atoms with E-state index in [1.54, 1.807) is 0 Å². The van der Waals surface area contributed by atoms with Gasteiger partial charge in [-0.1, -0.05) is 0 Å². The van der Waals surface area contributed by atoms with Gasteiger partial charge >= 0.3 is 12.1 Å². The second kappa shape index (κ2) is 6.23. The molecule has 0 spiro atoms. The molecule has 110 valence electrons. The predicted octanol–water partition coefficient (Wildman–Crippen LogP) is 0.917. The van der Waals surface area contributed by atoms with Crippen LogP contribution in [0.1, 0.15) is 25.7 Å². The minimum absolute atomic E-state index is 0.0772. The van der Waals surface area contributed by atoms with E-state index in [0.717, 1.165) is 0 Å². The number of alkyl halides is 3. The Balaban J connectivity index is 2.47. The molecule has 8 heteroatoms. The zero-order valence-electron chi connectivity index (χ0n) is 10.1. The lowest BCUT2D eigenvalue weighted by Gasteiger charge is -2.29. The number of nitrogens with one attached hydrogen (secondary N) is 1. The van der Waals surface area contributed by atoms with Gasteiger partial charge in [0.2, 0.25) is 5.91 Å². The Labute approximate surface area is 107 Å². The number of aliphatic hydroxyl groups is 1. The van der Waals surface area contributed by atoms with Crippen LogP contribution in [0.4, 0.5) is 13.2 Å². The zero-order chi connectivity index (χ0) is 14.6. The summed E-state index contributed by atoms with van der Waals surface area (Å²) < 4.78 is 37.3. The van der Waals surface area contributed by atoms with E-state index in [1.807, 2.05) is 0 Å². The molecule has 1 aliphatic rings. The molecule has 0 unspecified atom stereocenters. The number of hydrogen-bond acceptors (Lipinski definition) is 3. The lowest BCUT2D eigenvalue weighted by molar-refractivity contribution is -0.184. The first-order valence-corrected chi connectivity index (χ1v) is 5.96. The Morgan fingerprint density at radius 2 is 1.74 bits per heavy atom. The van der Waals surface area contributed by atoms with Gasteiger partial charge in [0.25, 0.3) is 0 Å². The number of carbonyl (C=O) groups is 2. The van der Waals surface area contributed by atoms with Crippen molar-refractivity contribution in [2.24, 2.45) is 11.8 Å². The summed E-state index contributed by atoms with van der Waals surface area (Å²) in [6, 6.07) is -1.41. The Bertz CT molecular complexity index is 337. The smallest absolute Gasteiger partial charge is 0.391 e. The van der Waals surface area contributed by atoms with Gasteiger partial charge in [0, 0.05) is 5.92 Å². The SMILES string of the molecule is O=C(N[C@@H](CO)C(=O)O)C1CCC(C(F)(F)F)CC1. The second-order valence-corrected chi connectivity index (χ2v) is 4.67. The summed E-state index contributed by atoms with van der Waals surface area (Å²) in [6.45, 7) is -0.751. The van der Waals surface area contributed by atoms with E-state index in [2.05, 4.69) is 5.32 Å². The number of carboxylic acids is 1. The van der Waals surface area contributed by atoms with Crippen molar-refractivity contribution in [3.8, 4) is 0 Å². The van der Waals surface area contributed by atoms with Crippen LogP contribution in [0, 0.1) is 11.8 Å². The van der Waals surface area contributed by atoms with Crippen LogP contribution in [0.5, 0.6) is 0 Å². The highest BCUT2D eigenvalue weighted by atomic mass is 19.4. The van der Waals surface area contributed by atoms with Gasteiger partial charge < -0.3 is 15.5 Å². The number of aliphatic hydroxyl groups excluding tert-OH is 1. The molecule has 0 heterocycles. The van der Waals surface area contributed by atoms with Crippen LogP contribution in [-0.4, -0.2) is 40.9 Å². The third-order valence-electron chi connectivity index (χ3n) is 3.36. The first-order chi connectivity index (χ1) is 8.75. The van der Waals surface area contributed by atoms with E-state index in [0.29, 0.717) is 0 Å². The molecule has 0 bridgehead atoms. The molecule has 5 nitrogen and oxygen atoms in total. The molecule has 0 aromatic carbocycles. The number of aliphatic carboxylic acids is 1. The fourth-order valence-corrected chi connectivity index (χ4v) is 2.16. The molecule has 0 aromatic rings. The molecule has 1 saturated carbocycles. The first-order valence-electron chi connectivity index (χ1n) is 5.96. The van der Waals surface area contributed by atoms with Crippen LogP contribution >= 0.6 is 0 Å². The molecule has 3 N–H and O–H groups in total. The number of carbonyl (C=O) groups excluding carboxylic acids is 1. The summed E-state index contributed by atoms with van der Waals surface area (Å²) in [4.78, 5) is 22.3. The fourth-order valence-electron chi connectivity index (χ4n) is 2.16. The maximum atomic E-state index is 12.4. The van der Waals surface area contributed by atoms with Gasteiger partial charge in [-0.15, -0.1) is 0 Å². The molecular formula is C11H16F3NO4. The van der Waals surface area contributed by atoms with E-state index < -0.39 is 42.5 Å². The molecule has 1 rings (SSSR count). The van der Waals surface area contributed by atoms with Crippen molar-refractivity contribution in [2.75, 3.05) is 6.61 Å². The number of carboxylic acid groups (broad SMARTS) is 1. The Morgan fingerprint density at radius 1 is 1.21 bits per heavy atom. The van der Waals surface area contributed by atoms with Crippen molar-refractivity contribution in [1.29, 1.82) is 0 Å². The van der Waals surface area contributed by atoms with Crippen molar-refractivity contribution in [3.05, 3.63) is 0 Å². The van der Waals surface area contributed by atoms with Crippen LogP contribution in [-0.2, 0) is 9.59 Å². The molecule has 19 heavy (non-hydrogen) atoms. The minimum atomic E-state index is -4.24. The summed E-state index contributed by atoms with van der Waals surface area (Å²) in [7, 11) is 0. The molecule has 0 radical (unpaired) electrons. The van der Waals surface area contributed by atoms with Crippen LogP contribution < -0.4 is 5.32 Å². The maximum Gasteiger partial charge on any atom is 0.391 e. The summed E-state index contributed by atoms with van der Waals surface area (Å²) in [5.41, 5.74) is 0. The maximum absolute atomic E-state index is 12.4. The van der Waals surface area contributed by atoms with Crippen LogP contribution in [0.2, 0.25) is 0 Å². The predicted molar refractivity (Wildman–Crippen MR) is 58.2 cm³/mol. The zero-order valence-corrected chi connectivity index (χ0v) is 10.1. The van der Waals surface area contributed by atoms with Gasteiger partial charge in [0.1, 0.15) is 6.04 Å². The lowest BCUT2D eigenvalue weighted by Crippen LogP contribution is -2.46. The van der Waals surface area contributed by atoms with E-state index in [1.165, 1.54) is 0 Å². The molecule has 1 fully saturated rings. The second-order valence-electron chi connectivity index (χ2n) is 4.67. The van der Waals surface area contributed by atoms with Crippen molar-refractivity contribution in [3.63, 3.8) is 0 Å². The van der Waals surface area contributed by atoms with E-state index in [4.69, 9.17) is 10.2 Å². The van der Waals surface area contributed by atoms with E-state index >= 15 is 0 Å². The van der Waals surface area contributed by atoms with Gasteiger partial charge in [0.05, 0.1) is 12.5 Å². The fraction of sp³-hybridized carbons (Fsp3) is 0.818. The minimum Gasteiger partial charge on any atom is -0.480 e. The largest absolute Gasteiger partial charge is 0.480 e. The highest BCUT2D eigenvalue weighted by Gasteiger charge is 2.42. The average Bonchev–Trinajstić information content (AvgIpc) is 2.34. The first kappa shape index (κ1) is 15.7. The number of halogens is 3. The van der Waals surface area contributed by atoms with Gasteiger partial charge in [0.15, 0.2) is 0 Å². The Kier molecular flexibility index (Phi) is 5.16. The van der Waals surface area contributed by atoms with Crippen molar-refractivity contribution in [1.82, 2.24) is 5.32 Å². The number of hydrogen-bond donors (Lipinski definition) is 3. The molecular weight excluding hydrogens is 267 g/mol. The number of rotatable bonds is 4. The van der Waals surface area contributed by atoms with Gasteiger partial charge in [-0.25, -0.2) is 4.79 Å². The summed E-state index contributed by atoms with van der Waals surface area (Å²) >= 11 is 0. The summed E-state index contributed by atoms with van der Waals surface area (Å²) in [5, 5.41) is 19.5. The monoisotopic (exact) mass is 283 g/mol. The quantitative estimate of drug-likeness (QED) is 0.716. The summed E-state index contributed by atoms with van der Waals surface area (Å²) in [6.07, 6.45) is -4.34. The molecule has 0 aromatic heterocycles. The van der Waals surface area contributed by atoms with Gasteiger partial charge in [-0.3, -0.25) is 4.79 Å². The van der Waals surface area contributed by atoms with E-state index in [-0.39, 0.29) is 25.7 Å². The van der Waals surface area contributed by atoms with Crippen LogP contribution in [0.25, 0.3) is 0 Å². The number of amides is 1. The molecule has 0 saturated heterocycles. The average molecular weight is 283 g/mol. The highest BCUT2D eigenvalue weighted by molar-refractivity contribution is 5.85. The van der Waals surface area contributed by atoms with Crippen molar-refractivity contribution >= 4 is 11.9 Å². The van der Waals surface area contributed by atoms with E-state index in [9.17, 15) is 22.8 Å². The lowest BCUT2D eigenvalue weighted by atomic mass is 9.81. The molecule has 1 aliphatic carbocycles. The van der Waals surface area contributed by atoms with Crippen LogP contribution in [0.15, 0.2) is 0 Å². The van der Waals surface area contributed by atoms with Gasteiger partial charge in [-0.05, 0) is 25.7 Å².